The number of carbonyl (C=O) groups is 1. The first-order chi connectivity index (χ1) is 11.5. The van der Waals surface area contributed by atoms with Crippen LogP contribution in [-0.4, -0.2) is 28.9 Å². The Bertz CT molecular complexity index is 726. The normalized spacial score (nSPS) is 14.5. The van der Waals surface area contributed by atoms with E-state index in [0.717, 1.165) is 31.8 Å². The predicted octanol–water partition coefficient (Wildman–Crippen LogP) is 2.99. The third-order valence-electron chi connectivity index (χ3n) is 4.16. The van der Waals surface area contributed by atoms with Gasteiger partial charge in [-0.3, -0.25) is 9.69 Å². The molecule has 2 aromatic rings. The average Bonchev–Trinajstić information content (AvgIpc) is 2.55. The quantitative estimate of drug-likeness (QED) is 0.917. The maximum atomic E-state index is 11.1. The Kier molecular flexibility index (Phi) is 4.81. The van der Waals surface area contributed by atoms with Gasteiger partial charge in [0, 0.05) is 37.5 Å². The molecule has 3 rings (SSSR count). The summed E-state index contributed by atoms with van der Waals surface area (Å²) in [5.41, 5.74) is 8.17. The summed E-state index contributed by atoms with van der Waals surface area (Å²) in [4.78, 5) is 17.8. The first kappa shape index (κ1) is 16.5. The average molecular weight is 325 g/mol. The van der Waals surface area contributed by atoms with E-state index in [4.69, 9.17) is 10.5 Å². The molecule has 1 aliphatic heterocycles. The van der Waals surface area contributed by atoms with Crippen molar-refractivity contribution in [3.63, 3.8) is 0 Å². The smallest absolute Gasteiger partial charge is 0.250 e. The van der Waals surface area contributed by atoms with Crippen molar-refractivity contribution in [2.24, 2.45) is 11.7 Å². The topological polar surface area (TPSA) is 68.5 Å². The van der Waals surface area contributed by atoms with Gasteiger partial charge in [0.05, 0.1) is 5.56 Å². The van der Waals surface area contributed by atoms with Crippen molar-refractivity contribution in [1.82, 2.24) is 9.88 Å². The highest BCUT2D eigenvalue weighted by Crippen LogP contribution is 2.31. The van der Waals surface area contributed by atoms with Crippen molar-refractivity contribution in [2.75, 3.05) is 13.1 Å². The van der Waals surface area contributed by atoms with E-state index in [9.17, 15) is 4.79 Å². The van der Waals surface area contributed by atoms with E-state index >= 15 is 0 Å². The van der Waals surface area contributed by atoms with Gasteiger partial charge in [0.1, 0.15) is 5.75 Å². The van der Waals surface area contributed by atoms with Crippen LogP contribution in [-0.2, 0) is 13.0 Å². The van der Waals surface area contributed by atoms with Gasteiger partial charge in [0.15, 0.2) is 0 Å². The van der Waals surface area contributed by atoms with Crippen LogP contribution >= 0.6 is 0 Å². The Morgan fingerprint density at radius 3 is 2.83 bits per heavy atom. The molecule has 1 aromatic heterocycles. The third kappa shape index (κ3) is 3.74. The van der Waals surface area contributed by atoms with Crippen LogP contribution in [0.1, 0.15) is 35.3 Å². The fourth-order valence-corrected chi connectivity index (χ4v) is 3.10. The van der Waals surface area contributed by atoms with Crippen molar-refractivity contribution < 1.29 is 9.53 Å². The van der Waals surface area contributed by atoms with Gasteiger partial charge in [-0.2, -0.15) is 0 Å². The lowest BCUT2D eigenvalue weighted by Gasteiger charge is -2.30. The van der Waals surface area contributed by atoms with Crippen LogP contribution in [0.25, 0.3) is 0 Å². The highest BCUT2D eigenvalue weighted by atomic mass is 16.5. The van der Waals surface area contributed by atoms with Crippen LogP contribution in [0, 0.1) is 5.92 Å². The lowest BCUT2D eigenvalue weighted by atomic mass is 9.98. The van der Waals surface area contributed by atoms with Crippen molar-refractivity contribution in [3.8, 4) is 11.6 Å². The molecule has 5 heteroatoms. The Morgan fingerprint density at radius 1 is 1.33 bits per heavy atom. The van der Waals surface area contributed by atoms with Crippen LogP contribution in [0.3, 0.4) is 0 Å². The molecule has 0 spiro atoms. The maximum absolute atomic E-state index is 11.1. The number of nitrogens with two attached hydrogens (primary N) is 1. The summed E-state index contributed by atoms with van der Waals surface area (Å²) in [7, 11) is 0. The lowest BCUT2D eigenvalue weighted by molar-refractivity contribution is 0.1000. The molecular weight excluding hydrogens is 302 g/mol. The molecule has 0 atom stereocenters. The number of hydrogen-bond donors (Lipinski definition) is 1. The van der Waals surface area contributed by atoms with E-state index in [1.54, 1.807) is 12.1 Å². The van der Waals surface area contributed by atoms with E-state index in [2.05, 4.69) is 29.8 Å². The molecule has 0 fully saturated rings. The van der Waals surface area contributed by atoms with E-state index in [0.29, 0.717) is 17.4 Å². The molecule has 126 valence electrons. The second-order valence-corrected chi connectivity index (χ2v) is 6.62. The molecule has 0 aliphatic carbocycles. The SMILES string of the molecule is CC(C)CN1CCc2c(cccc2Oc2ccc(C(N)=O)cn2)C1. The molecule has 1 aromatic carbocycles. The number of hydrogen-bond acceptors (Lipinski definition) is 4. The lowest BCUT2D eigenvalue weighted by Crippen LogP contribution is -2.33. The van der Waals surface area contributed by atoms with Gasteiger partial charge in [-0.15, -0.1) is 0 Å². The number of rotatable bonds is 5. The Labute approximate surface area is 142 Å². The molecule has 0 saturated carbocycles. The second kappa shape index (κ2) is 7.01. The predicted molar refractivity (Wildman–Crippen MR) is 93.1 cm³/mol. The zero-order chi connectivity index (χ0) is 17.1. The maximum Gasteiger partial charge on any atom is 0.250 e. The number of ether oxygens (including phenoxy) is 1. The molecule has 1 aliphatic rings. The van der Waals surface area contributed by atoms with E-state index in [1.807, 2.05) is 12.1 Å². The summed E-state index contributed by atoms with van der Waals surface area (Å²) in [6.07, 6.45) is 2.41. The molecule has 0 saturated heterocycles. The summed E-state index contributed by atoms with van der Waals surface area (Å²) in [5.74, 6) is 1.49. The molecule has 0 unspecified atom stereocenters. The minimum absolute atomic E-state index is 0.377. The molecule has 2 heterocycles. The zero-order valence-corrected chi connectivity index (χ0v) is 14.2. The third-order valence-corrected chi connectivity index (χ3v) is 4.16. The standard InChI is InChI=1S/C19H23N3O2/c1-13(2)11-22-9-8-16-15(12-22)4-3-5-17(16)24-18-7-6-14(10-21-18)19(20)23/h3-7,10,13H,8-9,11-12H2,1-2H3,(H2,20,23). The summed E-state index contributed by atoms with van der Waals surface area (Å²) in [6.45, 7) is 7.60. The van der Waals surface area contributed by atoms with Crippen molar-refractivity contribution in [2.45, 2.75) is 26.8 Å². The first-order valence-corrected chi connectivity index (χ1v) is 8.29. The minimum Gasteiger partial charge on any atom is -0.439 e. The monoisotopic (exact) mass is 325 g/mol. The van der Waals surface area contributed by atoms with E-state index in [-0.39, 0.29) is 0 Å². The molecule has 2 N–H and O–H groups in total. The molecule has 1 amide bonds. The highest BCUT2D eigenvalue weighted by Gasteiger charge is 2.20. The number of carbonyl (C=O) groups excluding carboxylic acids is 1. The van der Waals surface area contributed by atoms with E-state index in [1.165, 1.54) is 17.3 Å². The Balaban J connectivity index is 1.77. The van der Waals surface area contributed by atoms with Crippen LogP contribution in [0.15, 0.2) is 36.5 Å². The number of nitrogens with zero attached hydrogens (tertiary/aromatic N) is 2. The number of aromatic nitrogens is 1. The number of amides is 1. The van der Waals surface area contributed by atoms with Gasteiger partial charge in [0.25, 0.3) is 0 Å². The summed E-state index contributed by atoms with van der Waals surface area (Å²) in [6, 6.07) is 9.46. The Hall–Kier alpha value is -2.40. The fraction of sp³-hybridized carbons (Fsp3) is 0.368. The fourth-order valence-electron chi connectivity index (χ4n) is 3.10. The molecule has 0 bridgehead atoms. The minimum atomic E-state index is -0.489. The Morgan fingerprint density at radius 2 is 2.17 bits per heavy atom. The van der Waals surface area contributed by atoms with Gasteiger partial charge in [-0.1, -0.05) is 26.0 Å². The molecule has 24 heavy (non-hydrogen) atoms. The molecular formula is C19H23N3O2. The molecule has 0 radical (unpaired) electrons. The van der Waals surface area contributed by atoms with Gasteiger partial charge >= 0.3 is 0 Å². The van der Waals surface area contributed by atoms with Crippen LogP contribution in [0.5, 0.6) is 11.6 Å². The van der Waals surface area contributed by atoms with Gasteiger partial charge in [-0.25, -0.2) is 4.98 Å². The highest BCUT2D eigenvalue weighted by molar-refractivity contribution is 5.92. The van der Waals surface area contributed by atoms with Gasteiger partial charge in [-0.05, 0) is 30.0 Å². The van der Waals surface area contributed by atoms with E-state index < -0.39 is 5.91 Å². The van der Waals surface area contributed by atoms with Crippen molar-refractivity contribution >= 4 is 5.91 Å². The number of pyridine rings is 1. The first-order valence-electron chi connectivity index (χ1n) is 8.29. The summed E-state index contributed by atoms with van der Waals surface area (Å²) in [5, 5.41) is 0. The largest absolute Gasteiger partial charge is 0.439 e. The number of fused-ring (bicyclic) bond motifs is 1. The number of benzene rings is 1. The van der Waals surface area contributed by atoms with Crippen LogP contribution in [0.4, 0.5) is 0 Å². The summed E-state index contributed by atoms with van der Waals surface area (Å²) >= 11 is 0. The molecule has 5 nitrogen and oxygen atoms in total. The van der Waals surface area contributed by atoms with Crippen LogP contribution in [0.2, 0.25) is 0 Å². The zero-order valence-electron chi connectivity index (χ0n) is 14.2. The summed E-state index contributed by atoms with van der Waals surface area (Å²) < 4.78 is 5.95. The second-order valence-electron chi connectivity index (χ2n) is 6.62. The van der Waals surface area contributed by atoms with Crippen LogP contribution < -0.4 is 10.5 Å². The van der Waals surface area contributed by atoms with Gasteiger partial charge < -0.3 is 10.5 Å². The van der Waals surface area contributed by atoms with Crippen molar-refractivity contribution in [1.29, 1.82) is 0 Å². The van der Waals surface area contributed by atoms with Gasteiger partial charge in [0.2, 0.25) is 11.8 Å². The number of primary amides is 1. The van der Waals surface area contributed by atoms with Crippen molar-refractivity contribution in [3.05, 3.63) is 53.2 Å².